The van der Waals surface area contributed by atoms with Crippen molar-refractivity contribution in [2.45, 2.75) is 13.8 Å². The highest BCUT2D eigenvalue weighted by molar-refractivity contribution is 5.82. The molecule has 2 aromatic rings. The summed E-state index contributed by atoms with van der Waals surface area (Å²) in [5.41, 5.74) is 2.68. The summed E-state index contributed by atoms with van der Waals surface area (Å²) in [5.74, 6) is 0. The van der Waals surface area contributed by atoms with Gasteiger partial charge in [-0.05, 0) is 19.4 Å². The number of aryl methyl sites for hydroxylation is 2. The maximum Gasteiger partial charge on any atom is 0.273 e. The lowest BCUT2D eigenvalue weighted by Crippen LogP contribution is -2.06. The number of fused-ring (bicyclic) bond motifs is 1. The molecule has 0 amide bonds. The molecule has 2 rings (SSSR count). The minimum atomic E-state index is -0.130. The zero-order valence-electron chi connectivity index (χ0n) is 6.93. The van der Waals surface area contributed by atoms with Crippen LogP contribution in [0.25, 0.3) is 10.9 Å². The molecule has 4 heteroatoms. The maximum atomic E-state index is 11.3. The largest absolute Gasteiger partial charge is 0.357 e. The maximum absolute atomic E-state index is 11.3. The molecule has 0 atom stereocenters. The van der Waals surface area contributed by atoms with E-state index < -0.39 is 0 Å². The number of hydrogen-bond acceptors (Lipinski definition) is 2. The Labute approximate surface area is 68.6 Å². The predicted molar refractivity (Wildman–Crippen MR) is 46.2 cm³/mol. The van der Waals surface area contributed by atoms with Gasteiger partial charge in [-0.15, -0.1) is 0 Å². The van der Waals surface area contributed by atoms with Gasteiger partial charge in [-0.3, -0.25) is 4.79 Å². The van der Waals surface area contributed by atoms with Gasteiger partial charge < -0.3 is 4.98 Å². The van der Waals surface area contributed by atoms with Crippen molar-refractivity contribution in [1.29, 1.82) is 0 Å². The molecule has 0 aliphatic heterocycles. The van der Waals surface area contributed by atoms with Crippen LogP contribution in [0, 0.1) is 13.8 Å². The summed E-state index contributed by atoms with van der Waals surface area (Å²) in [6, 6.07) is 0. The smallest absolute Gasteiger partial charge is 0.273 e. The van der Waals surface area contributed by atoms with Gasteiger partial charge in [-0.25, -0.2) is 5.10 Å². The first-order chi connectivity index (χ1) is 5.70. The fourth-order valence-electron chi connectivity index (χ4n) is 1.35. The molecule has 0 saturated carbocycles. The Bertz CT molecular complexity index is 480. The van der Waals surface area contributed by atoms with E-state index in [9.17, 15) is 4.79 Å². The van der Waals surface area contributed by atoms with Gasteiger partial charge in [0.2, 0.25) is 0 Å². The zero-order chi connectivity index (χ0) is 8.72. The van der Waals surface area contributed by atoms with E-state index in [4.69, 9.17) is 0 Å². The Morgan fingerprint density at radius 2 is 2.17 bits per heavy atom. The summed E-state index contributed by atoms with van der Waals surface area (Å²) < 4.78 is 0. The minimum absolute atomic E-state index is 0.130. The average molecular weight is 163 g/mol. The first kappa shape index (κ1) is 7.09. The molecule has 0 unspecified atom stereocenters. The van der Waals surface area contributed by atoms with Gasteiger partial charge >= 0.3 is 0 Å². The second-order valence-electron chi connectivity index (χ2n) is 2.86. The van der Waals surface area contributed by atoms with Crippen molar-refractivity contribution in [3.8, 4) is 0 Å². The van der Waals surface area contributed by atoms with E-state index in [0.29, 0.717) is 5.39 Å². The standard InChI is InChI=1S/C8H9N3O/c1-4-5(2)10-6-3-9-11-8(12)7(4)6/h3,10H,1-2H3,(H,11,12). The van der Waals surface area contributed by atoms with Crippen LogP contribution in [0.15, 0.2) is 11.0 Å². The third-order valence-electron chi connectivity index (χ3n) is 2.12. The van der Waals surface area contributed by atoms with Crippen LogP contribution in [0.4, 0.5) is 0 Å². The lowest BCUT2D eigenvalue weighted by atomic mass is 10.2. The van der Waals surface area contributed by atoms with Crippen LogP contribution in [-0.2, 0) is 0 Å². The highest BCUT2D eigenvalue weighted by Crippen LogP contribution is 2.15. The van der Waals surface area contributed by atoms with Crippen LogP contribution in [-0.4, -0.2) is 15.2 Å². The molecule has 0 aromatic carbocycles. The lowest BCUT2D eigenvalue weighted by Gasteiger charge is -1.87. The topological polar surface area (TPSA) is 61.5 Å². The van der Waals surface area contributed by atoms with E-state index in [0.717, 1.165) is 16.8 Å². The Morgan fingerprint density at radius 3 is 2.83 bits per heavy atom. The van der Waals surface area contributed by atoms with Crippen molar-refractivity contribution in [2.24, 2.45) is 0 Å². The van der Waals surface area contributed by atoms with E-state index in [1.54, 1.807) is 6.20 Å². The fraction of sp³-hybridized carbons (Fsp3) is 0.250. The molecule has 12 heavy (non-hydrogen) atoms. The number of rotatable bonds is 0. The van der Waals surface area contributed by atoms with Crippen molar-refractivity contribution in [1.82, 2.24) is 15.2 Å². The first-order valence-electron chi connectivity index (χ1n) is 3.72. The summed E-state index contributed by atoms with van der Waals surface area (Å²) in [6.45, 7) is 3.86. The van der Waals surface area contributed by atoms with Gasteiger partial charge in [0.05, 0.1) is 17.1 Å². The molecule has 0 aliphatic rings. The van der Waals surface area contributed by atoms with E-state index in [1.165, 1.54) is 0 Å². The van der Waals surface area contributed by atoms with Gasteiger partial charge in [0.1, 0.15) is 0 Å². The third-order valence-corrected chi connectivity index (χ3v) is 2.12. The number of hydrogen-bond donors (Lipinski definition) is 2. The van der Waals surface area contributed by atoms with Crippen molar-refractivity contribution < 1.29 is 0 Å². The van der Waals surface area contributed by atoms with Gasteiger partial charge in [-0.2, -0.15) is 5.10 Å². The summed E-state index contributed by atoms with van der Waals surface area (Å²) in [7, 11) is 0. The van der Waals surface area contributed by atoms with E-state index in [-0.39, 0.29) is 5.56 Å². The van der Waals surface area contributed by atoms with E-state index in [1.807, 2.05) is 13.8 Å². The zero-order valence-corrected chi connectivity index (χ0v) is 6.93. The summed E-state index contributed by atoms with van der Waals surface area (Å²) in [5, 5.41) is 6.81. The van der Waals surface area contributed by atoms with Crippen LogP contribution < -0.4 is 5.56 Å². The molecule has 2 heterocycles. The van der Waals surface area contributed by atoms with Crippen LogP contribution >= 0.6 is 0 Å². The minimum Gasteiger partial charge on any atom is -0.357 e. The molecule has 62 valence electrons. The van der Waals surface area contributed by atoms with Crippen LogP contribution in [0.2, 0.25) is 0 Å². The average Bonchev–Trinajstić information content (AvgIpc) is 2.29. The first-order valence-corrected chi connectivity index (χ1v) is 3.72. The molecular weight excluding hydrogens is 154 g/mol. The molecule has 0 radical (unpaired) electrons. The lowest BCUT2D eigenvalue weighted by molar-refractivity contribution is 1.01. The van der Waals surface area contributed by atoms with Gasteiger partial charge in [0, 0.05) is 5.69 Å². The fourth-order valence-corrected chi connectivity index (χ4v) is 1.35. The Kier molecular flexibility index (Phi) is 1.30. The molecule has 0 aliphatic carbocycles. The number of aromatic nitrogens is 3. The van der Waals surface area contributed by atoms with Crippen molar-refractivity contribution in [3.05, 3.63) is 27.8 Å². The molecule has 0 bridgehead atoms. The van der Waals surface area contributed by atoms with Crippen LogP contribution in [0.3, 0.4) is 0 Å². The van der Waals surface area contributed by atoms with Crippen LogP contribution in [0.5, 0.6) is 0 Å². The molecule has 2 aromatic heterocycles. The van der Waals surface area contributed by atoms with Crippen molar-refractivity contribution in [3.63, 3.8) is 0 Å². The SMILES string of the molecule is Cc1[nH]c2cn[nH]c(=O)c2c1C. The van der Waals surface area contributed by atoms with Gasteiger partial charge in [0.15, 0.2) is 0 Å². The van der Waals surface area contributed by atoms with Gasteiger partial charge in [-0.1, -0.05) is 0 Å². The number of nitrogens with zero attached hydrogens (tertiary/aromatic N) is 1. The molecule has 0 fully saturated rings. The summed E-state index contributed by atoms with van der Waals surface area (Å²) in [4.78, 5) is 14.4. The molecular formula is C8H9N3O. The molecule has 4 nitrogen and oxygen atoms in total. The molecule has 0 spiro atoms. The van der Waals surface area contributed by atoms with E-state index in [2.05, 4.69) is 15.2 Å². The quantitative estimate of drug-likeness (QED) is 0.605. The third kappa shape index (κ3) is 0.777. The van der Waals surface area contributed by atoms with E-state index >= 15 is 0 Å². The second-order valence-corrected chi connectivity index (χ2v) is 2.86. The molecule has 2 N–H and O–H groups in total. The Morgan fingerprint density at radius 1 is 1.42 bits per heavy atom. The van der Waals surface area contributed by atoms with Gasteiger partial charge in [0.25, 0.3) is 5.56 Å². The summed E-state index contributed by atoms with van der Waals surface area (Å²) >= 11 is 0. The van der Waals surface area contributed by atoms with Crippen molar-refractivity contribution >= 4 is 10.9 Å². The van der Waals surface area contributed by atoms with Crippen LogP contribution in [0.1, 0.15) is 11.3 Å². The highest BCUT2D eigenvalue weighted by atomic mass is 16.1. The Balaban J connectivity index is 3.07. The number of nitrogens with one attached hydrogen (secondary N) is 2. The summed E-state index contributed by atoms with van der Waals surface area (Å²) in [6.07, 6.45) is 1.62. The van der Waals surface area contributed by atoms with Crippen molar-refractivity contribution in [2.75, 3.05) is 0 Å². The number of aromatic amines is 2. The monoisotopic (exact) mass is 163 g/mol. The highest BCUT2D eigenvalue weighted by Gasteiger charge is 2.06. The molecule has 0 saturated heterocycles. The second kappa shape index (κ2) is 2.20. The Hall–Kier alpha value is -1.58. The number of H-pyrrole nitrogens is 2. The predicted octanol–water partition coefficient (Wildman–Crippen LogP) is 0.868. The normalized spacial score (nSPS) is 10.8.